The minimum atomic E-state index is 0.123. The van der Waals surface area contributed by atoms with Gasteiger partial charge in [0.1, 0.15) is 0 Å². The monoisotopic (exact) mass is 248 g/mol. The quantitative estimate of drug-likeness (QED) is 0.892. The first-order chi connectivity index (χ1) is 9.32. The van der Waals surface area contributed by atoms with Gasteiger partial charge < -0.3 is 5.32 Å². The molecule has 0 spiro atoms. The van der Waals surface area contributed by atoms with Crippen LogP contribution in [-0.2, 0) is 12.0 Å². The number of nitrogens with zero attached hydrogens (tertiary/aromatic N) is 1. The number of benzene rings is 2. The maximum absolute atomic E-state index is 8.67. The van der Waals surface area contributed by atoms with Crippen molar-refractivity contribution in [3.8, 4) is 6.07 Å². The van der Waals surface area contributed by atoms with E-state index in [-0.39, 0.29) is 5.54 Å². The molecule has 2 nitrogen and oxygen atoms in total. The van der Waals surface area contributed by atoms with Crippen LogP contribution in [0.3, 0.4) is 0 Å². The maximum atomic E-state index is 8.67. The molecule has 1 N–H and O–H groups in total. The predicted octanol–water partition coefficient (Wildman–Crippen LogP) is 3.85. The highest BCUT2D eigenvalue weighted by Crippen LogP contribution is 2.48. The zero-order chi connectivity index (χ0) is 13.1. The maximum Gasteiger partial charge on any atom is 0.0669 e. The van der Waals surface area contributed by atoms with Crippen molar-refractivity contribution < 1.29 is 0 Å². The van der Waals surface area contributed by atoms with Gasteiger partial charge in [-0.05, 0) is 36.1 Å². The summed E-state index contributed by atoms with van der Waals surface area (Å²) in [6.45, 7) is 0. The molecule has 94 valence electrons. The molecule has 1 saturated carbocycles. The lowest BCUT2D eigenvalue weighted by Crippen LogP contribution is -2.18. The van der Waals surface area contributed by atoms with Crippen LogP contribution in [0, 0.1) is 11.3 Å². The van der Waals surface area contributed by atoms with Crippen LogP contribution >= 0.6 is 0 Å². The first kappa shape index (κ1) is 11.8. The van der Waals surface area contributed by atoms with Crippen molar-refractivity contribution in [3.05, 3.63) is 65.7 Å². The van der Waals surface area contributed by atoms with Gasteiger partial charge in [0.25, 0.3) is 0 Å². The first-order valence-corrected chi connectivity index (χ1v) is 6.62. The minimum Gasteiger partial charge on any atom is -0.376 e. The van der Waals surface area contributed by atoms with Crippen molar-refractivity contribution in [2.24, 2.45) is 0 Å². The number of rotatable bonds is 4. The lowest BCUT2D eigenvalue weighted by Gasteiger charge is -2.19. The summed E-state index contributed by atoms with van der Waals surface area (Å²) in [5, 5.41) is 12.3. The van der Waals surface area contributed by atoms with Crippen molar-refractivity contribution in [1.82, 2.24) is 0 Å². The molecule has 3 rings (SSSR count). The summed E-state index contributed by atoms with van der Waals surface area (Å²) in [5.41, 5.74) is 3.68. The van der Waals surface area contributed by atoms with Gasteiger partial charge in [0.05, 0.1) is 18.0 Å². The fourth-order valence-corrected chi connectivity index (χ4v) is 2.44. The Balaban J connectivity index is 1.77. The molecule has 0 unspecified atom stereocenters. The Kier molecular flexibility index (Phi) is 2.97. The molecule has 19 heavy (non-hydrogen) atoms. The molecule has 0 saturated heterocycles. The average Bonchev–Trinajstić information content (AvgIpc) is 3.23. The Morgan fingerprint density at radius 3 is 2.26 bits per heavy atom. The van der Waals surface area contributed by atoms with Gasteiger partial charge in [-0.25, -0.2) is 0 Å². The molecule has 1 aliphatic rings. The van der Waals surface area contributed by atoms with Crippen LogP contribution in [0.1, 0.15) is 24.0 Å². The van der Waals surface area contributed by atoms with E-state index in [0.717, 1.165) is 11.3 Å². The molecule has 0 aromatic heterocycles. The van der Waals surface area contributed by atoms with Gasteiger partial charge in [-0.2, -0.15) is 5.26 Å². The van der Waals surface area contributed by atoms with Crippen LogP contribution in [0.5, 0.6) is 0 Å². The van der Waals surface area contributed by atoms with E-state index in [1.807, 2.05) is 12.1 Å². The number of nitriles is 1. The summed E-state index contributed by atoms with van der Waals surface area (Å²) in [6, 6.07) is 20.9. The number of anilines is 1. The normalized spacial score (nSPS) is 15.5. The Morgan fingerprint density at radius 1 is 1.00 bits per heavy atom. The Morgan fingerprint density at radius 2 is 1.68 bits per heavy atom. The van der Waals surface area contributed by atoms with Gasteiger partial charge in [-0.1, -0.05) is 42.5 Å². The molecule has 2 heteroatoms. The first-order valence-electron chi connectivity index (χ1n) is 6.62. The lowest BCUT2D eigenvalue weighted by molar-refractivity contribution is 0.808. The molecule has 0 atom stereocenters. The molecule has 0 amide bonds. The smallest absolute Gasteiger partial charge is 0.0669 e. The van der Waals surface area contributed by atoms with Gasteiger partial charge >= 0.3 is 0 Å². The molecule has 2 aromatic carbocycles. The lowest BCUT2D eigenvalue weighted by atomic mass is 10.0. The Hall–Kier alpha value is -2.27. The van der Waals surface area contributed by atoms with E-state index in [9.17, 15) is 0 Å². The van der Waals surface area contributed by atoms with Crippen molar-refractivity contribution in [2.75, 3.05) is 5.32 Å². The second-order valence-corrected chi connectivity index (χ2v) is 5.10. The van der Waals surface area contributed by atoms with Crippen LogP contribution < -0.4 is 5.32 Å². The summed E-state index contributed by atoms with van der Waals surface area (Å²) < 4.78 is 0. The molecular weight excluding hydrogens is 232 g/mol. The summed E-state index contributed by atoms with van der Waals surface area (Å²) in [5.74, 6) is 0. The highest BCUT2D eigenvalue weighted by Gasteiger charge is 2.44. The SMILES string of the molecule is N#CCc1ccc(NC2(c3ccccc3)CC2)cc1. The molecule has 1 aliphatic carbocycles. The predicted molar refractivity (Wildman–Crippen MR) is 76.7 cm³/mol. The van der Waals surface area contributed by atoms with E-state index in [1.54, 1.807) is 0 Å². The minimum absolute atomic E-state index is 0.123. The van der Waals surface area contributed by atoms with Crippen LogP contribution in [-0.4, -0.2) is 0 Å². The van der Waals surface area contributed by atoms with Crippen molar-refractivity contribution in [2.45, 2.75) is 24.8 Å². The van der Waals surface area contributed by atoms with E-state index < -0.39 is 0 Å². The largest absolute Gasteiger partial charge is 0.376 e. The van der Waals surface area contributed by atoms with Crippen LogP contribution in [0.15, 0.2) is 54.6 Å². The highest BCUT2D eigenvalue weighted by molar-refractivity contribution is 5.51. The van der Waals surface area contributed by atoms with E-state index in [2.05, 4.69) is 53.9 Å². The molecule has 2 aromatic rings. The molecule has 0 bridgehead atoms. The topological polar surface area (TPSA) is 35.8 Å². The van der Waals surface area contributed by atoms with Crippen molar-refractivity contribution in [1.29, 1.82) is 5.26 Å². The zero-order valence-electron chi connectivity index (χ0n) is 10.8. The van der Waals surface area contributed by atoms with Crippen molar-refractivity contribution >= 4 is 5.69 Å². The summed E-state index contributed by atoms with van der Waals surface area (Å²) in [4.78, 5) is 0. The van der Waals surface area contributed by atoms with Crippen molar-refractivity contribution in [3.63, 3.8) is 0 Å². The Bertz CT molecular complexity index is 589. The number of hydrogen-bond donors (Lipinski definition) is 1. The molecule has 0 radical (unpaired) electrons. The third-order valence-electron chi connectivity index (χ3n) is 3.70. The average molecular weight is 248 g/mol. The van der Waals surface area contributed by atoms with E-state index in [4.69, 9.17) is 5.26 Å². The van der Waals surface area contributed by atoms with Gasteiger partial charge in [0.15, 0.2) is 0 Å². The molecule has 1 fully saturated rings. The molecule has 0 heterocycles. The van der Waals surface area contributed by atoms with Gasteiger partial charge in [0, 0.05) is 5.69 Å². The van der Waals surface area contributed by atoms with Crippen LogP contribution in [0.2, 0.25) is 0 Å². The van der Waals surface area contributed by atoms with Gasteiger partial charge in [-0.3, -0.25) is 0 Å². The summed E-state index contributed by atoms with van der Waals surface area (Å²) in [6.07, 6.45) is 2.83. The third kappa shape index (κ3) is 2.46. The van der Waals surface area contributed by atoms with E-state index in [0.29, 0.717) is 6.42 Å². The second-order valence-electron chi connectivity index (χ2n) is 5.10. The van der Waals surface area contributed by atoms with Crippen LogP contribution in [0.25, 0.3) is 0 Å². The fourth-order valence-electron chi connectivity index (χ4n) is 2.44. The Labute approximate surface area is 113 Å². The van der Waals surface area contributed by atoms with E-state index >= 15 is 0 Å². The number of nitrogens with one attached hydrogen (secondary N) is 1. The van der Waals surface area contributed by atoms with Crippen LogP contribution in [0.4, 0.5) is 5.69 Å². The van der Waals surface area contributed by atoms with E-state index in [1.165, 1.54) is 18.4 Å². The summed E-state index contributed by atoms with van der Waals surface area (Å²) >= 11 is 0. The zero-order valence-corrected chi connectivity index (χ0v) is 10.8. The van der Waals surface area contributed by atoms with Gasteiger partial charge in [-0.15, -0.1) is 0 Å². The second kappa shape index (κ2) is 4.78. The molecular formula is C17H16N2. The third-order valence-corrected chi connectivity index (χ3v) is 3.70. The van der Waals surface area contributed by atoms with Gasteiger partial charge in [0.2, 0.25) is 0 Å². The standard InChI is InChI=1S/C17H16N2/c18-13-10-14-6-8-16(9-7-14)19-17(11-12-17)15-4-2-1-3-5-15/h1-9,19H,10-12H2. The number of hydrogen-bond acceptors (Lipinski definition) is 2. The highest BCUT2D eigenvalue weighted by atomic mass is 15.0. The molecule has 0 aliphatic heterocycles. The fraction of sp³-hybridized carbons (Fsp3) is 0.235. The summed E-state index contributed by atoms with van der Waals surface area (Å²) in [7, 11) is 0.